The average molecular weight is 473 g/mol. The molecular weight excluding hydrogens is 450 g/mol. The highest BCUT2D eigenvalue weighted by atomic mass is 79.9. The van der Waals surface area contributed by atoms with Crippen LogP contribution in [-0.4, -0.2) is 47.4 Å². The first-order chi connectivity index (χ1) is 13.0. The van der Waals surface area contributed by atoms with Gasteiger partial charge in [-0.15, -0.1) is 0 Å². The second-order valence-corrected chi connectivity index (χ2v) is 9.41. The van der Waals surface area contributed by atoms with Gasteiger partial charge in [-0.25, -0.2) is 4.79 Å². The van der Waals surface area contributed by atoms with E-state index in [-0.39, 0.29) is 31.1 Å². The second kappa shape index (κ2) is 8.03. The second-order valence-electron chi connectivity index (χ2n) is 8.12. The molecule has 0 aromatic heterocycles. The molecule has 6 nitrogen and oxygen atoms in total. The minimum absolute atomic E-state index is 0.0289. The molecule has 1 saturated heterocycles. The van der Waals surface area contributed by atoms with Crippen molar-refractivity contribution in [3.05, 3.63) is 27.2 Å². The van der Waals surface area contributed by atoms with E-state index >= 15 is 0 Å². The van der Waals surface area contributed by atoms with Crippen molar-refractivity contribution in [1.82, 2.24) is 4.90 Å². The maximum atomic E-state index is 13.0. The van der Waals surface area contributed by atoms with Gasteiger partial charge in [-0.3, -0.25) is 9.59 Å². The Morgan fingerprint density at radius 1 is 1.29 bits per heavy atom. The summed E-state index contributed by atoms with van der Waals surface area (Å²) in [5, 5.41) is 0.592. The number of rotatable bonds is 2. The molecule has 1 aromatic carbocycles. The van der Waals surface area contributed by atoms with E-state index in [0.29, 0.717) is 28.1 Å². The van der Waals surface area contributed by atoms with Crippen molar-refractivity contribution >= 4 is 45.2 Å². The zero-order valence-electron chi connectivity index (χ0n) is 16.1. The fraction of sp³-hybridized carbons (Fsp3) is 0.550. The van der Waals surface area contributed by atoms with Crippen LogP contribution in [0.5, 0.6) is 5.75 Å². The molecule has 152 valence electrons. The Labute approximate surface area is 177 Å². The van der Waals surface area contributed by atoms with Gasteiger partial charge in [0.05, 0.1) is 10.4 Å². The number of amides is 1. The summed E-state index contributed by atoms with van der Waals surface area (Å²) in [5.41, 5.74) is 0.288. The molecule has 0 aliphatic carbocycles. The van der Waals surface area contributed by atoms with Gasteiger partial charge in [0.2, 0.25) is 0 Å². The number of fused-ring (bicyclic) bond motifs is 1. The summed E-state index contributed by atoms with van der Waals surface area (Å²) in [6, 6.07) is 3.53. The summed E-state index contributed by atoms with van der Waals surface area (Å²) in [6.07, 6.45) is -0.00286. The summed E-state index contributed by atoms with van der Waals surface area (Å²) in [6.45, 7) is 5.62. The highest BCUT2D eigenvalue weighted by Gasteiger charge is 2.41. The molecule has 0 radical (unpaired) electrons. The zero-order valence-corrected chi connectivity index (χ0v) is 18.4. The van der Waals surface area contributed by atoms with Gasteiger partial charge in [-0.05, 0) is 67.2 Å². The highest BCUT2D eigenvalue weighted by Crippen LogP contribution is 2.38. The number of Topliss-reactive ketones (excluding diaryl/α,β-unsaturated/α-hetero) is 2. The molecule has 28 heavy (non-hydrogen) atoms. The number of ketones is 2. The molecule has 2 heterocycles. The summed E-state index contributed by atoms with van der Waals surface area (Å²) < 4.78 is 12.0. The fourth-order valence-electron chi connectivity index (χ4n) is 3.42. The third-order valence-corrected chi connectivity index (χ3v) is 5.56. The molecule has 1 unspecified atom stereocenters. The largest absolute Gasteiger partial charge is 0.481 e. The van der Waals surface area contributed by atoms with E-state index in [9.17, 15) is 14.4 Å². The van der Waals surface area contributed by atoms with Crippen molar-refractivity contribution in [3.8, 4) is 5.75 Å². The number of hydrogen-bond donors (Lipinski definition) is 0. The number of halogens is 2. The Balaban J connectivity index is 1.72. The van der Waals surface area contributed by atoms with Crippen molar-refractivity contribution in [1.29, 1.82) is 0 Å². The van der Waals surface area contributed by atoms with Crippen LogP contribution in [-0.2, 0) is 20.7 Å². The molecular formula is C20H23BrClNO5. The number of nitrogens with zero attached hydrogens (tertiary/aromatic N) is 1. The topological polar surface area (TPSA) is 72.9 Å². The summed E-state index contributed by atoms with van der Waals surface area (Å²) in [5.74, 6) is -0.750. The molecule has 3 rings (SSSR count). The first-order valence-electron chi connectivity index (χ1n) is 9.24. The van der Waals surface area contributed by atoms with Gasteiger partial charge in [0.1, 0.15) is 17.1 Å². The Kier molecular flexibility index (Phi) is 6.05. The lowest BCUT2D eigenvalue weighted by Gasteiger charge is -2.35. The maximum Gasteiger partial charge on any atom is 0.410 e. The van der Waals surface area contributed by atoms with E-state index in [4.69, 9.17) is 21.1 Å². The Morgan fingerprint density at radius 2 is 2.00 bits per heavy atom. The molecule has 8 heteroatoms. The van der Waals surface area contributed by atoms with Gasteiger partial charge in [0, 0.05) is 24.5 Å². The van der Waals surface area contributed by atoms with Gasteiger partial charge in [-0.2, -0.15) is 0 Å². The van der Waals surface area contributed by atoms with E-state index in [0.717, 1.165) is 5.56 Å². The average Bonchev–Trinajstić information content (AvgIpc) is 2.59. The van der Waals surface area contributed by atoms with Crippen LogP contribution in [0.1, 0.15) is 39.2 Å². The fourth-order valence-corrected chi connectivity index (χ4v) is 4.38. The number of carbonyl (C=O) groups is 3. The number of likely N-dealkylation sites (tertiary alicyclic amines) is 1. The van der Waals surface area contributed by atoms with E-state index in [1.54, 1.807) is 26.8 Å². The zero-order chi connectivity index (χ0) is 20.6. The van der Waals surface area contributed by atoms with Crippen LogP contribution >= 0.6 is 27.5 Å². The van der Waals surface area contributed by atoms with Crippen molar-refractivity contribution in [2.45, 2.75) is 51.7 Å². The van der Waals surface area contributed by atoms with Crippen LogP contribution in [0.3, 0.4) is 0 Å². The normalized spacial score (nSPS) is 22.3. The molecule has 0 bridgehead atoms. The molecule has 0 N–H and O–H groups in total. The quantitative estimate of drug-likeness (QED) is 0.604. The predicted octanol–water partition coefficient (Wildman–Crippen LogP) is 4.19. The number of piperidine rings is 1. The van der Waals surface area contributed by atoms with Gasteiger partial charge >= 0.3 is 6.09 Å². The minimum atomic E-state index is -0.890. The third-order valence-electron chi connectivity index (χ3n) is 4.75. The smallest absolute Gasteiger partial charge is 0.410 e. The van der Waals surface area contributed by atoms with Crippen molar-refractivity contribution in [2.75, 3.05) is 13.1 Å². The van der Waals surface area contributed by atoms with E-state index < -0.39 is 23.7 Å². The van der Waals surface area contributed by atoms with Gasteiger partial charge in [-0.1, -0.05) is 11.6 Å². The number of benzene rings is 1. The first kappa shape index (κ1) is 21.1. The van der Waals surface area contributed by atoms with E-state index in [1.807, 2.05) is 6.07 Å². The Morgan fingerprint density at radius 3 is 2.68 bits per heavy atom. The van der Waals surface area contributed by atoms with Crippen LogP contribution in [0.25, 0.3) is 0 Å². The summed E-state index contributed by atoms with van der Waals surface area (Å²) in [7, 11) is 0. The van der Waals surface area contributed by atoms with Gasteiger partial charge < -0.3 is 14.4 Å². The lowest BCUT2D eigenvalue weighted by atomic mass is 9.87. The van der Waals surface area contributed by atoms with Gasteiger partial charge in [0.25, 0.3) is 0 Å². The number of hydrogen-bond acceptors (Lipinski definition) is 5. The molecule has 0 saturated carbocycles. The predicted molar refractivity (Wildman–Crippen MR) is 108 cm³/mol. The number of ether oxygens (including phenoxy) is 2. The molecule has 1 aromatic rings. The monoisotopic (exact) mass is 471 g/mol. The van der Waals surface area contributed by atoms with Crippen LogP contribution in [0.15, 0.2) is 16.6 Å². The summed E-state index contributed by atoms with van der Waals surface area (Å²) in [4.78, 5) is 39.2. The highest BCUT2D eigenvalue weighted by molar-refractivity contribution is 9.10. The van der Waals surface area contributed by atoms with E-state index in [1.165, 1.54) is 4.90 Å². The number of aryl methyl sites for hydroxylation is 1. The van der Waals surface area contributed by atoms with Crippen molar-refractivity contribution in [3.63, 3.8) is 0 Å². The van der Waals surface area contributed by atoms with Crippen LogP contribution in [0.4, 0.5) is 4.79 Å². The van der Waals surface area contributed by atoms with Gasteiger partial charge in [0.15, 0.2) is 11.9 Å². The van der Waals surface area contributed by atoms with E-state index in [2.05, 4.69) is 15.9 Å². The minimum Gasteiger partial charge on any atom is -0.481 e. The lowest BCUT2D eigenvalue weighted by molar-refractivity contribution is -0.140. The third kappa shape index (κ3) is 4.69. The van der Waals surface area contributed by atoms with Crippen LogP contribution in [0, 0.1) is 5.92 Å². The Bertz CT molecular complexity index is 820. The molecule has 0 spiro atoms. The molecule has 2 atom stereocenters. The van der Waals surface area contributed by atoms with Crippen LogP contribution < -0.4 is 4.74 Å². The van der Waals surface area contributed by atoms with Crippen molar-refractivity contribution in [2.24, 2.45) is 5.92 Å². The SMILES string of the molecule is CC(C)(C)OC(=O)N1CCC(=O)C(C(=O)[C@H]2CCc3cc(Cl)cc(Br)c3O2)C1. The number of carbonyl (C=O) groups excluding carboxylic acids is 3. The standard InChI is InChI=1S/C20H23BrClNO5/c1-20(2,3)28-19(26)23-7-6-15(24)13(10-23)17(25)16-5-4-11-8-12(22)9-14(21)18(11)27-16/h8-9,13,16H,4-7,10H2,1-3H3/t13?,16-/m1/s1. The molecule has 2 aliphatic heterocycles. The molecule has 1 fully saturated rings. The first-order valence-corrected chi connectivity index (χ1v) is 10.4. The molecule has 2 aliphatic rings. The lowest BCUT2D eigenvalue weighted by Crippen LogP contribution is -2.51. The molecule has 1 amide bonds. The maximum absolute atomic E-state index is 13.0. The Hall–Kier alpha value is -1.60. The van der Waals surface area contributed by atoms with Crippen LogP contribution in [0.2, 0.25) is 5.02 Å². The summed E-state index contributed by atoms with van der Waals surface area (Å²) >= 11 is 9.48. The van der Waals surface area contributed by atoms with Crippen molar-refractivity contribution < 1.29 is 23.9 Å².